The Morgan fingerprint density at radius 2 is 1.77 bits per heavy atom. The highest BCUT2D eigenvalue weighted by Crippen LogP contribution is 2.41. The lowest BCUT2D eigenvalue weighted by molar-refractivity contribution is 0.0952. The lowest BCUT2D eigenvalue weighted by Gasteiger charge is -2.37. The number of carbonyl (C=O) groups is 1. The van der Waals surface area contributed by atoms with Crippen LogP contribution in [0.2, 0.25) is 0 Å². The molecular weight excluding hydrogens is 378 g/mol. The molecular formula is C24H23N3O3. The van der Waals surface area contributed by atoms with Gasteiger partial charge in [0.05, 0.1) is 11.8 Å². The third kappa shape index (κ3) is 3.14. The van der Waals surface area contributed by atoms with Gasteiger partial charge in [-0.25, -0.2) is 5.43 Å². The van der Waals surface area contributed by atoms with E-state index in [0.717, 1.165) is 55.1 Å². The fourth-order valence-corrected chi connectivity index (χ4v) is 4.60. The van der Waals surface area contributed by atoms with Gasteiger partial charge in [0, 0.05) is 29.9 Å². The molecule has 0 bridgehead atoms. The Morgan fingerprint density at radius 3 is 2.57 bits per heavy atom. The van der Waals surface area contributed by atoms with Crippen LogP contribution in [0, 0.1) is 0 Å². The van der Waals surface area contributed by atoms with Gasteiger partial charge < -0.3 is 15.1 Å². The van der Waals surface area contributed by atoms with E-state index in [0.29, 0.717) is 5.56 Å². The van der Waals surface area contributed by atoms with E-state index in [2.05, 4.69) is 15.4 Å². The first-order valence-electron chi connectivity index (χ1n) is 10.3. The Morgan fingerprint density at radius 1 is 1.03 bits per heavy atom. The molecule has 2 aliphatic heterocycles. The monoisotopic (exact) mass is 401 g/mol. The molecule has 5 rings (SSSR count). The fourth-order valence-electron chi connectivity index (χ4n) is 4.60. The van der Waals surface area contributed by atoms with E-state index in [1.807, 2.05) is 30.3 Å². The second-order valence-electron chi connectivity index (χ2n) is 7.91. The van der Waals surface area contributed by atoms with Gasteiger partial charge in [-0.15, -0.1) is 0 Å². The number of amides is 1. The summed E-state index contributed by atoms with van der Waals surface area (Å²) < 4.78 is 0. The summed E-state index contributed by atoms with van der Waals surface area (Å²) in [5, 5.41) is 26.8. The van der Waals surface area contributed by atoms with Crippen LogP contribution < -0.4 is 10.3 Å². The van der Waals surface area contributed by atoms with Gasteiger partial charge in [0.25, 0.3) is 5.91 Å². The molecule has 0 aliphatic carbocycles. The summed E-state index contributed by atoms with van der Waals surface area (Å²) in [6.45, 7) is 2.08. The van der Waals surface area contributed by atoms with Crippen LogP contribution >= 0.6 is 0 Å². The Kier molecular flexibility index (Phi) is 4.54. The summed E-state index contributed by atoms with van der Waals surface area (Å²) in [6, 6.07) is 12.7. The number of nitrogens with one attached hydrogen (secondary N) is 1. The van der Waals surface area contributed by atoms with Crippen molar-refractivity contribution in [1.29, 1.82) is 0 Å². The van der Waals surface area contributed by atoms with Crippen molar-refractivity contribution >= 4 is 28.6 Å². The molecule has 0 atom stereocenters. The van der Waals surface area contributed by atoms with Gasteiger partial charge in [-0.05, 0) is 60.2 Å². The molecule has 6 heteroatoms. The molecule has 0 saturated carbocycles. The predicted molar refractivity (Wildman–Crippen MR) is 118 cm³/mol. The molecule has 0 aromatic heterocycles. The van der Waals surface area contributed by atoms with Crippen LogP contribution in [0.5, 0.6) is 11.5 Å². The Labute approximate surface area is 174 Å². The molecule has 2 aliphatic rings. The average molecular weight is 401 g/mol. The highest BCUT2D eigenvalue weighted by atomic mass is 16.3. The number of phenolic OH excluding ortho intramolecular Hbond substituents is 2. The molecule has 3 aromatic rings. The highest BCUT2D eigenvalue weighted by Gasteiger charge is 2.27. The van der Waals surface area contributed by atoms with Gasteiger partial charge in [0.1, 0.15) is 11.5 Å². The number of hydrogen-bond acceptors (Lipinski definition) is 5. The van der Waals surface area contributed by atoms with E-state index >= 15 is 0 Å². The number of benzene rings is 3. The lowest BCUT2D eigenvalue weighted by Crippen LogP contribution is -2.34. The largest absolute Gasteiger partial charge is 0.507 e. The zero-order valence-corrected chi connectivity index (χ0v) is 16.6. The van der Waals surface area contributed by atoms with Gasteiger partial charge in [-0.1, -0.05) is 24.3 Å². The average Bonchev–Trinajstić information content (AvgIpc) is 2.76. The predicted octanol–water partition coefficient (Wildman–Crippen LogP) is 3.71. The molecule has 3 aromatic carbocycles. The lowest BCUT2D eigenvalue weighted by atomic mass is 9.89. The molecule has 0 radical (unpaired) electrons. The van der Waals surface area contributed by atoms with Crippen LogP contribution in [0.25, 0.3) is 10.8 Å². The van der Waals surface area contributed by atoms with Crippen molar-refractivity contribution in [2.45, 2.75) is 25.7 Å². The number of nitrogens with zero attached hydrogens (tertiary/aromatic N) is 2. The van der Waals surface area contributed by atoms with E-state index < -0.39 is 5.91 Å². The van der Waals surface area contributed by atoms with Gasteiger partial charge in [0.15, 0.2) is 0 Å². The van der Waals surface area contributed by atoms with Crippen molar-refractivity contribution in [3.63, 3.8) is 0 Å². The molecule has 6 nitrogen and oxygen atoms in total. The SMILES string of the molecule is O=C(N/N=C/c1cc2c3c(c1O)CCCN3CCC2)c1cc2ccccc2cc1O. The topological polar surface area (TPSA) is 85.2 Å². The highest BCUT2D eigenvalue weighted by molar-refractivity contribution is 6.02. The minimum atomic E-state index is -0.500. The molecule has 1 amide bonds. The second kappa shape index (κ2) is 7.37. The molecule has 152 valence electrons. The normalized spacial score (nSPS) is 15.4. The van der Waals surface area contributed by atoms with Gasteiger partial charge >= 0.3 is 0 Å². The maximum absolute atomic E-state index is 12.5. The maximum Gasteiger partial charge on any atom is 0.275 e. The first-order chi connectivity index (χ1) is 14.6. The number of anilines is 1. The van der Waals surface area contributed by atoms with Crippen LogP contribution in [-0.2, 0) is 12.8 Å². The third-order valence-electron chi connectivity index (χ3n) is 6.00. The van der Waals surface area contributed by atoms with Crippen molar-refractivity contribution in [3.8, 4) is 11.5 Å². The summed E-state index contributed by atoms with van der Waals surface area (Å²) in [7, 11) is 0. The second-order valence-corrected chi connectivity index (χ2v) is 7.91. The van der Waals surface area contributed by atoms with Crippen molar-refractivity contribution in [2.75, 3.05) is 18.0 Å². The summed E-state index contributed by atoms with van der Waals surface area (Å²) >= 11 is 0. The number of phenols is 2. The number of hydrazone groups is 1. The van der Waals surface area contributed by atoms with Crippen LogP contribution in [0.3, 0.4) is 0 Å². The molecule has 0 fully saturated rings. The van der Waals surface area contributed by atoms with E-state index in [-0.39, 0.29) is 17.1 Å². The number of aryl methyl sites for hydroxylation is 1. The Balaban J connectivity index is 1.40. The first kappa shape index (κ1) is 18.5. The van der Waals surface area contributed by atoms with Crippen LogP contribution in [0.15, 0.2) is 47.6 Å². The molecule has 0 unspecified atom stereocenters. The summed E-state index contributed by atoms with van der Waals surface area (Å²) in [4.78, 5) is 14.9. The van der Waals surface area contributed by atoms with Gasteiger partial charge in [-0.2, -0.15) is 5.10 Å². The quantitative estimate of drug-likeness (QED) is 0.461. The minimum Gasteiger partial charge on any atom is -0.507 e. The van der Waals surface area contributed by atoms with Gasteiger partial charge in [0.2, 0.25) is 0 Å². The number of rotatable bonds is 3. The number of fused-ring (bicyclic) bond motifs is 1. The first-order valence-corrected chi connectivity index (χ1v) is 10.3. The zero-order valence-electron chi connectivity index (χ0n) is 16.6. The fraction of sp³-hybridized carbons (Fsp3) is 0.250. The molecule has 0 saturated heterocycles. The van der Waals surface area contributed by atoms with E-state index in [1.165, 1.54) is 17.5 Å². The number of carbonyl (C=O) groups excluding carboxylic acids is 1. The summed E-state index contributed by atoms with van der Waals surface area (Å²) in [5.41, 5.74) is 6.64. The van der Waals surface area contributed by atoms with Crippen molar-refractivity contribution in [1.82, 2.24) is 5.43 Å². The van der Waals surface area contributed by atoms with Crippen LogP contribution in [0.1, 0.15) is 39.9 Å². The van der Waals surface area contributed by atoms with E-state index in [4.69, 9.17) is 0 Å². The Hall–Kier alpha value is -3.54. The minimum absolute atomic E-state index is 0.0949. The zero-order chi connectivity index (χ0) is 20.7. The number of hydrogen-bond donors (Lipinski definition) is 3. The molecule has 3 N–H and O–H groups in total. The van der Waals surface area contributed by atoms with Crippen LogP contribution in [0.4, 0.5) is 5.69 Å². The van der Waals surface area contributed by atoms with E-state index in [9.17, 15) is 15.0 Å². The summed E-state index contributed by atoms with van der Waals surface area (Å²) in [5.74, 6) is -0.353. The smallest absolute Gasteiger partial charge is 0.275 e. The van der Waals surface area contributed by atoms with Crippen molar-refractivity contribution < 1.29 is 15.0 Å². The standard InChI is InChI=1S/C24H23N3O3/c28-21-13-16-6-2-1-5-15(16)12-20(21)24(30)26-25-14-18-11-17-7-3-9-27-10-4-8-19(22(17)27)23(18)29/h1-2,5-6,11-14,28-29H,3-4,7-10H2,(H,26,30)/b25-14+. The van der Waals surface area contributed by atoms with Crippen LogP contribution in [-0.4, -0.2) is 35.4 Å². The Bertz CT molecular complexity index is 1180. The molecule has 30 heavy (non-hydrogen) atoms. The maximum atomic E-state index is 12.5. The number of aromatic hydroxyl groups is 2. The third-order valence-corrected chi connectivity index (χ3v) is 6.00. The molecule has 2 heterocycles. The van der Waals surface area contributed by atoms with Crippen molar-refractivity contribution in [2.24, 2.45) is 5.10 Å². The summed E-state index contributed by atoms with van der Waals surface area (Å²) in [6.07, 6.45) is 5.45. The van der Waals surface area contributed by atoms with E-state index in [1.54, 1.807) is 12.1 Å². The molecule has 0 spiro atoms. The van der Waals surface area contributed by atoms with Gasteiger partial charge in [-0.3, -0.25) is 4.79 Å². The van der Waals surface area contributed by atoms with Crippen molar-refractivity contribution in [3.05, 3.63) is 64.7 Å².